The molecular formula is C23H24F3N5O2. The summed E-state index contributed by atoms with van der Waals surface area (Å²) in [6.45, 7) is 1.75. The van der Waals surface area contributed by atoms with Gasteiger partial charge in [0.1, 0.15) is 5.75 Å². The van der Waals surface area contributed by atoms with Crippen LogP contribution in [0.2, 0.25) is 0 Å². The molecule has 0 spiro atoms. The Morgan fingerprint density at radius 2 is 1.85 bits per heavy atom. The van der Waals surface area contributed by atoms with E-state index in [1.54, 1.807) is 30.5 Å². The fraction of sp³-hybridized carbons (Fsp3) is 0.391. The molecule has 1 fully saturated rings. The van der Waals surface area contributed by atoms with Crippen LogP contribution in [-0.4, -0.2) is 52.5 Å². The lowest BCUT2D eigenvalue weighted by Crippen LogP contribution is -2.41. The van der Waals surface area contributed by atoms with Crippen LogP contribution in [-0.2, 0) is 6.18 Å². The molecule has 1 amide bonds. The van der Waals surface area contributed by atoms with Crippen LogP contribution in [0.5, 0.6) is 5.75 Å². The molecule has 1 unspecified atom stereocenters. The first-order valence-corrected chi connectivity index (χ1v) is 10.7. The number of likely N-dealkylation sites (tertiary alicyclic amines) is 1. The van der Waals surface area contributed by atoms with E-state index < -0.39 is 12.0 Å². The number of amides is 1. The minimum absolute atomic E-state index is 0.188. The maximum absolute atomic E-state index is 13.2. The zero-order valence-corrected chi connectivity index (χ0v) is 18.1. The van der Waals surface area contributed by atoms with Gasteiger partial charge in [0, 0.05) is 36.1 Å². The Labute approximate surface area is 189 Å². The fourth-order valence-electron chi connectivity index (χ4n) is 4.16. The summed E-state index contributed by atoms with van der Waals surface area (Å²) in [6, 6.07) is 6.66. The van der Waals surface area contributed by atoms with Crippen LogP contribution in [0, 0.1) is 0 Å². The van der Waals surface area contributed by atoms with E-state index in [1.807, 2.05) is 0 Å². The predicted molar refractivity (Wildman–Crippen MR) is 116 cm³/mol. The van der Waals surface area contributed by atoms with Gasteiger partial charge in [0.2, 0.25) is 5.82 Å². The number of aromatic nitrogens is 3. The number of rotatable bonds is 6. The number of nitrogens with zero attached hydrogens (tertiary/aromatic N) is 4. The third-order valence-electron chi connectivity index (χ3n) is 5.79. The van der Waals surface area contributed by atoms with Gasteiger partial charge in [-0.05, 0) is 44.1 Å². The number of ether oxygens (including phenoxy) is 1. The number of halogens is 3. The van der Waals surface area contributed by atoms with E-state index in [2.05, 4.69) is 25.2 Å². The first-order valence-electron chi connectivity index (χ1n) is 10.7. The van der Waals surface area contributed by atoms with Gasteiger partial charge >= 0.3 is 6.18 Å². The molecule has 33 heavy (non-hydrogen) atoms. The standard InChI is InChI=1S/C23H24F3N5O2/c1-33-19-8-7-17-16(6-5-9-27-17)20(19)21(32)28-14-18(31-10-3-2-4-11-31)15-12-29-22(30-13-15)23(24,25)26/h5-9,12-13,18H,2-4,10-11,14H2,1H3,(H,28,32). The van der Waals surface area contributed by atoms with Gasteiger partial charge in [0.05, 0.1) is 24.2 Å². The van der Waals surface area contributed by atoms with E-state index in [1.165, 1.54) is 19.5 Å². The molecule has 1 aromatic carbocycles. The third kappa shape index (κ3) is 5.05. The predicted octanol–water partition coefficient (Wildman–Crippen LogP) is 4.01. The molecule has 4 rings (SSSR count). The summed E-state index contributed by atoms with van der Waals surface area (Å²) in [5, 5.41) is 3.59. The zero-order valence-electron chi connectivity index (χ0n) is 18.1. The van der Waals surface area contributed by atoms with Crippen molar-refractivity contribution in [2.45, 2.75) is 31.5 Å². The van der Waals surface area contributed by atoms with Crippen molar-refractivity contribution in [3.8, 4) is 5.75 Å². The van der Waals surface area contributed by atoms with Gasteiger partial charge in [-0.2, -0.15) is 13.2 Å². The summed E-state index contributed by atoms with van der Waals surface area (Å²) in [4.78, 5) is 26.7. The number of benzene rings is 1. The molecule has 2 aromatic heterocycles. The van der Waals surface area contributed by atoms with E-state index in [0.717, 1.165) is 32.4 Å². The number of hydrogen-bond acceptors (Lipinski definition) is 6. The fourth-order valence-corrected chi connectivity index (χ4v) is 4.16. The van der Waals surface area contributed by atoms with Crippen molar-refractivity contribution >= 4 is 16.8 Å². The normalized spacial score (nSPS) is 15.9. The van der Waals surface area contributed by atoms with Crippen molar-refractivity contribution in [2.24, 2.45) is 0 Å². The van der Waals surface area contributed by atoms with E-state index in [4.69, 9.17) is 4.74 Å². The Hall–Kier alpha value is -3.27. The van der Waals surface area contributed by atoms with Gasteiger partial charge in [-0.15, -0.1) is 0 Å². The summed E-state index contributed by atoms with van der Waals surface area (Å²) < 4.78 is 44.1. The summed E-state index contributed by atoms with van der Waals surface area (Å²) in [6.07, 6.45) is 2.50. The number of alkyl halides is 3. The number of carbonyl (C=O) groups excluding carboxylic acids is 1. The molecule has 1 aliphatic rings. The molecule has 0 bridgehead atoms. The van der Waals surface area contributed by atoms with Crippen LogP contribution in [0.1, 0.15) is 47.1 Å². The van der Waals surface area contributed by atoms with E-state index in [9.17, 15) is 18.0 Å². The van der Waals surface area contributed by atoms with Crippen molar-refractivity contribution in [3.05, 3.63) is 59.8 Å². The molecule has 7 nitrogen and oxygen atoms in total. The first kappa shape index (κ1) is 22.9. The van der Waals surface area contributed by atoms with Crippen molar-refractivity contribution in [1.82, 2.24) is 25.2 Å². The molecule has 3 aromatic rings. The number of piperidine rings is 1. The molecule has 10 heteroatoms. The second-order valence-electron chi connectivity index (χ2n) is 7.87. The number of fused-ring (bicyclic) bond motifs is 1. The number of nitrogens with one attached hydrogen (secondary N) is 1. The lowest BCUT2D eigenvalue weighted by molar-refractivity contribution is -0.145. The number of pyridine rings is 1. The zero-order chi connectivity index (χ0) is 23.4. The molecular weight excluding hydrogens is 435 g/mol. The van der Waals surface area contributed by atoms with Crippen molar-refractivity contribution in [2.75, 3.05) is 26.7 Å². The Morgan fingerprint density at radius 3 is 2.52 bits per heavy atom. The molecule has 3 heterocycles. The van der Waals surface area contributed by atoms with Gasteiger partial charge in [-0.3, -0.25) is 14.7 Å². The topological polar surface area (TPSA) is 80.2 Å². The van der Waals surface area contributed by atoms with Crippen molar-refractivity contribution < 1.29 is 22.7 Å². The van der Waals surface area contributed by atoms with Gasteiger partial charge in [-0.25, -0.2) is 9.97 Å². The summed E-state index contributed by atoms with van der Waals surface area (Å²) in [5.41, 5.74) is 1.55. The number of carbonyl (C=O) groups is 1. The van der Waals surface area contributed by atoms with Gasteiger partial charge < -0.3 is 10.1 Å². The second kappa shape index (κ2) is 9.70. The minimum Gasteiger partial charge on any atom is -0.496 e. The van der Waals surface area contributed by atoms with Crippen molar-refractivity contribution in [1.29, 1.82) is 0 Å². The van der Waals surface area contributed by atoms with Gasteiger partial charge in [0.25, 0.3) is 5.91 Å². The molecule has 0 aliphatic carbocycles. The lowest BCUT2D eigenvalue weighted by atomic mass is 10.0. The molecule has 1 aliphatic heterocycles. The third-order valence-corrected chi connectivity index (χ3v) is 5.79. The number of hydrogen-bond donors (Lipinski definition) is 1. The average molecular weight is 459 g/mol. The molecule has 174 valence electrons. The van der Waals surface area contributed by atoms with Gasteiger partial charge in [0.15, 0.2) is 0 Å². The molecule has 1 saturated heterocycles. The van der Waals surface area contributed by atoms with Crippen LogP contribution in [0.4, 0.5) is 13.2 Å². The van der Waals surface area contributed by atoms with Crippen LogP contribution in [0.3, 0.4) is 0 Å². The molecule has 0 radical (unpaired) electrons. The van der Waals surface area contributed by atoms with E-state index in [0.29, 0.717) is 27.8 Å². The minimum atomic E-state index is -4.60. The van der Waals surface area contributed by atoms with Crippen LogP contribution in [0.15, 0.2) is 42.9 Å². The van der Waals surface area contributed by atoms with Crippen LogP contribution in [0.25, 0.3) is 10.9 Å². The quantitative estimate of drug-likeness (QED) is 0.600. The highest BCUT2D eigenvalue weighted by Gasteiger charge is 2.35. The largest absolute Gasteiger partial charge is 0.496 e. The monoisotopic (exact) mass is 459 g/mol. The Bertz CT molecular complexity index is 1120. The maximum atomic E-state index is 13.2. The summed E-state index contributed by atoms with van der Waals surface area (Å²) >= 11 is 0. The lowest BCUT2D eigenvalue weighted by Gasteiger charge is -2.34. The van der Waals surface area contributed by atoms with Gasteiger partial charge in [-0.1, -0.05) is 12.5 Å². The second-order valence-corrected chi connectivity index (χ2v) is 7.87. The SMILES string of the molecule is COc1ccc2ncccc2c1C(=O)NCC(c1cnc(C(F)(F)F)nc1)N1CCCCC1. The maximum Gasteiger partial charge on any atom is 0.451 e. The Kier molecular flexibility index (Phi) is 6.73. The molecule has 1 N–H and O–H groups in total. The highest BCUT2D eigenvalue weighted by atomic mass is 19.4. The average Bonchev–Trinajstić information content (AvgIpc) is 2.83. The summed E-state index contributed by atoms with van der Waals surface area (Å²) in [5.74, 6) is -1.11. The molecule has 1 atom stereocenters. The Morgan fingerprint density at radius 1 is 1.12 bits per heavy atom. The highest BCUT2D eigenvalue weighted by Crippen LogP contribution is 2.29. The Balaban J connectivity index is 1.60. The van der Waals surface area contributed by atoms with E-state index in [-0.39, 0.29) is 18.5 Å². The summed E-state index contributed by atoms with van der Waals surface area (Å²) in [7, 11) is 1.49. The van der Waals surface area contributed by atoms with Crippen LogP contribution >= 0.6 is 0 Å². The number of methoxy groups -OCH3 is 1. The molecule has 0 saturated carbocycles. The first-order chi connectivity index (χ1) is 15.9. The van der Waals surface area contributed by atoms with Crippen LogP contribution < -0.4 is 10.1 Å². The van der Waals surface area contributed by atoms with Crippen molar-refractivity contribution in [3.63, 3.8) is 0 Å². The van der Waals surface area contributed by atoms with E-state index >= 15 is 0 Å². The smallest absolute Gasteiger partial charge is 0.451 e. The highest BCUT2D eigenvalue weighted by molar-refractivity contribution is 6.08.